The van der Waals surface area contributed by atoms with Crippen LogP contribution in [0.1, 0.15) is 30.3 Å². The van der Waals surface area contributed by atoms with Gasteiger partial charge in [0.1, 0.15) is 0 Å². The molecule has 1 aliphatic carbocycles. The summed E-state index contributed by atoms with van der Waals surface area (Å²) in [6.07, 6.45) is 1.45. The average Bonchev–Trinajstić information content (AvgIpc) is 3.19. The Morgan fingerprint density at radius 2 is 1.85 bits per heavy atom. The number of ether oxygens (including phenoxy) is 2. The maximum Gasteiger partial charge on any atom is 0.338 e. The molecule has 1 heterocycles. The first kappa shape index (κ1) is 13.1. The Balaban J connectivity index is 1.63. The van der Waals surface area contributed by atoms with Gasteiger partial charge >= 0.3 is 5.97 Å². The molecule has 0 radical (unpaired) electrons. The fourth-order valence-electron chi connectivity index (χ4n) is 1.90. The highest BCUT2D eigenvalue weighted by molar-refractivity contribution is 5.97. The van der Waals surface area contributed by atoms with Crippen molar-refractivity contribution >= 4 is 11.8 Å². The van der Waals surface area contributed by atoms with E-state index < -0.39 is 0 Å². The number of hydrogen-bond donors (Lipinski definition) is 1. The van der Waals surface area contributed by atoms with E-state index in [1.54, 1.807) is 12.1 Å². The molecular weight excluding hydrogens is 260 g/mol. The number of amidine groups is 1. The van der Waals surface area contributed by atoms with Gasteiger partial charge in [0.15, 0.2) is 12.1 Å². The predicted molar refractivity (Wildman–Crippen MR) is 70.6 cm³/mol. The van der Waals surface area contributed by atoms with Crippen LogP contribution in [0.25, 0.3) is 0 Å². The van der Waals surface area contributed by atoms with Crippen molar-refractivity contribution in [3.8, 4) is 0 Å². The zero-order chi connectivity index (χ0) is 13.9. The minimum Gasteiger partial charge on any atom is -0.380 e. The molecule has 0 unspecified atom stereocenters. The van der Waals surface area contributed by atoms with Crippen LogP contribution in [0.3, 0.4) is 0 Å². The fourth-order valence-corrected chi connectivity index (χ4v) is 1.90. The van der Waals surface area contributed by atoms with Crippen molar-refractivity contribution in [2.24, 2.45) is 16.8 Å². The van der Waals surface area contributed by atoms with Crippen LogP contribution >= 0.6 is 0 Å². The second kappa shape index (κ2) is 5.60. The summed E-state index contributed by atoms with van der Waals surface area (Å²) >= 11 is 0. The molecule has 6 nitrogen and oxygen atoms in total. The quantitative estimate of drug-likeness (QED) is 0.388. The van der Waals surface area contributed by atoms with Gasteiger partial charge < -0.3 is 20.0 Å². The van der Waals surface area contributed by atoms with Crippen molar-refractivity contribution < 1.29 is 19.1 Å². The van der Waals surface area contributed by atoms with Gasteiger partial charge in [-0.05, 0) is 12.8 Å². The molecule has 106 valence electrons. The van der Waals surface area contributed by atoms with Crippen molar-refractivity contribution in [1.82, 2.24) is 0 Å². The summed E-state index contributed by atoms with van der Waals surface area (Å²) < 4.78 is 10.8. The van der Waals surface area contributed by atoms with E-state index in [0.717, 1.165) is 18.4 Å². The highest BCUT2D eigenvalue weighted by atomic mass is 16.7. The Hall–Kier alpha value is -1.92. The SMILES string of the molecule is N/C(=N\OC(=O)C1CC1)c1ccc(C2OCCO2)cc1. The normalized spacial score (nSPS) is 20.1. The first-order chi connectivity index (χ1) is 9.74. The molecule has 1 aliphatic heterocycles. The highest BCUT2D eigenvalue weighted by Crippen LogP contribution is 2.30. The van der Waals surface area contributed by atoms with Crippen molar-refractivity contribution in [3.63, 3.8) is 0 Å². The van der Waals surface area contributed by atoms with Gasteiger partial charge in [-0.25, -0.2) is 4.79 Å². The fraction of sp³-hybridized carbons (Fsp3) is 0.429. The first-order valence-electron chi connectivity index (χ1n) is 6.62. The van der Waals surface area contributed by atoms with E-state index in [9.17, 15) is 4.79 Å². The average molecular weight is 276 g/mol. The Kier molecular flexibility index (Phi) is 3.66. The number of carbonyl (C=O) groups is 1. The molecule has 2 N–H and O–H groups in total. The van der Waals surface area contributed by atoms with Gasteiger partial charge in [-0.1, -0.05) is 29.4 Å². The zero-order valence-electron chi connectivity index (χ0n) is 11.0. The summed E-state index contributed by atoms with van der Waals surface area (Å²) in [6.45, 7) is 1.21. The number of nitrogens with two attached hydrogens (primary N) is 1. The standard InChI is InChI=1S/C14H16N2O4/c15-12(16-20-13(17)10-3-4-10)9-1-5-11(6-2-9)14-18-7-8-19-14/h1-2,5-6,10,14H,3-4,7-8H2,(H2,15,16). The van der Waals surface area contributed by atoms with Crippen LogP contribution in [0, 0.1) is 5.92 Å². The summed E-state index contributed by atoms with van der Waals surface area (Å²) in [6, 6.07) is 7.31. The first-order valence-corrected chi connectivity index (χ1v) is 6.62. The largest absolute Gasteiger partial charge is 0.380 e. The van der Waals surface area contributed by atoms with Gasteiger partial charge in [-0.15, -0.1) is 0 Å². The van der Waals surface area contributed by atoms with E-state index in [4.69, 9.17) is 20.0 Å². The topological polar surface area (TPSA) is 83.1 Å². The highest BCUT2D eigenvalue weighted by Gasteiger charge is 2.31. The van der Waals surface area contributed by atoms with Crippen LogP contribution in [0.15, 0.2) is 29.4 Å². The number of carbonyl (C=O) groups excluding carboxylic acids is 1. The van der Waals surface area contributed by atoms with Crippen molar-refractivity contribution in [3.05, 3.63) is 35.4 Å². The molecule has 2 aliphatic rings. The second-order valence-electron chi connectivity index (χ2n) is 4.86. The van der Waals surface area contributed by atoms with Crippen LogP contribution < -0.4 is 5.73 Å². The van der Waals surface area contributed by atoms with Crippen LogP contribution in [0.5, 0.6) is 0 Å². The lowest BCUT2D eigenvalue weighted by Gasteiger charge is -2.09. The van der Waals surface area contributed by atoms with E-state index in [0.29, 0.717) is 18.8 Å². The van der Waals surface area contributed by atoms with Crippen molar-refractivity contribution in [1.29, 1.82) is 0 Å². The number of oxime groups is 1. The lowest BCUT2D eigenvalue weighted by Crippen LogP contribution is -2.15. The molecule has 2 fully saturated rings. The monoisotopic (exact) mass is 276 g/mol. The number of rotatable bonds is 4. The van der Waals surface area contributed by atoms with Crippen LogP contribution in [-0.4, -0.2) is 25.0 Å². The van der Waals surface area contributed by atoms with Gasteiger partial charge in [0, 0.05) is 11.1 Å². The Morgan fingerprint density at radius 1 is 1.20 bits per heavy atom. The molecule has 0 amide bonds. The molecule has 6 heteroatoms. The summed E-state index contributed by atoms with van der Waals surface area (Å²) in [7, 11) is 0. The van der Waals surface area contributed by atoms with Gasteiger partial charge in [0.05, 0.1) is 19.1 Å². The Bertz CT molecular complexity index is 516. The lowest BCUT2D eigenvalue weighted by molar-refractivity contribution is -0.145. The molecule has 1 aromatic rings. The van der Waals surface area contributed by atoms with E-state index in [1.807, 2.05) is 12.1 Å². The summed E-state index contributed by atoms with van der Waals surface area (Å²) in [5.41, 5.74) is 7.39. The summed E-state index contributed by atoms with van der Waals surface area (Å²) in [5.74, 6) is -0.123. The van der Waals surface area contributed by atoms with Gasteiger partial charge in [0.25, 0.3) is 0 Å². The number of nitrogens with zero attached hydrogens (tertiary/aromatic N) is 1. The molecule has 20 heavy (non-hydrogen) atoms. The maximum absolute atomic E-state index is 11.4. The molecule has 3 rings (SSSR count). The van der Waals surface area contributed by atoms with Crippen molar-refractivity contribution in [2.45, 2.75) is 19.1 Å². The minimum absolute atomic E-state index is 0.00518. The van der Waals surface area contributed by atoms with Gasteiger partial charge in [-0.2, -0.15) is 0 Å². The van der Waals surface area contributed by atoms with Crippen LogP contribution in [0.2, 0.25) is 0 Å². The summed E-state index contributed by atoms with van der Waals surface area (Å²) in [5, 5.41) is 3.67. The lowest BCUT2D eigenvalue weighted by atomic mass is 10.1. The third kappa shape index (κ3) is 2.97. The third-order valence-corrected chi connectivity index (χ3v) is 3.25. The van der Waals surface area contributed by atoms with E-state index in [-0.39, 0.29) is 24.0 Å². The smallest absolute Gasteiger partial charge is 0.338 e. The Labute approximate surface area is 116 Å². The molecule has 0 spiro atoms. The molecule has 0 atom stereocenters. The van der Waals surface area contributed by atoms with Crippen LogP contribution in [0.4, 0.5) is 0 Å². The van der Waals surface area contributed by atoms with E-state index >= 15 is 0 Å². The second-order valence-corrected chi connectivity index (χ2v) is 4.86. The molecule has 0 bridgehead atoms. The Morgan fingerprint density at radius 3 is 2.45 bits per heavy atom. The van der Waals surface area contributed by atoms with E-state index in [1.165, 1.54) is 0 Å². The molecule has 1 saturated heterocycles. The van der Waals surface area contributed by atoms with Crippen molar-refractivity contribution in [2.75, 3.05) is 13.2 Å². The number of hydrogen-bond acceptors (Lipinski definition) is 5. The molecule has 0 aromatic heterocycles. The number of benzene rings is 1. The minimum atomic E-state index is -0.310. The predicted octanol–water partition coefficient (Wildman–Crippen LogP) is 1.31. The molecule has 1 aromatic carbocycles. The van der Waals surface area contributed by atoms with Gasteiger partial charge in [-0.3, -0.25) is 0 Å². The molecular formula is C14H16N2O4. The summed E-state index contributed by atoms with van der Waals surface area (Å²) in [4.78, 5) is 16.1. The molecule has 1 saturated carbocycles. The van der Waals surface area contributed by atoms with Gasteiger partial charge in [0.2, 0.25) is 0 Å². The third-order valence-electron chi connectivity index (χ3n) is 3.25. The van der Waals surface area contributed by atoms with Crippen LogP contribution in [-0.2, 0) is 19.1 Å². The van der Waals surface area contributed by atoms with E-state index in [2.05, 4.69) is 5.16 Å². The zero-order valence-corrected chi connectivity index (χ0v) is 11.0. The maximum atomic E-state index is 11.4.